The fraction of sp³-hybridized carbons (Fsp3) is 0.333. The first-order valence-electron chi connectivity index (χ1n) is 21.7. The lowest BCUT2D eigenvalue weighted by molar-refractivity contribution is -0.146. The first-order valence-corrected chi connectivity index (χ1v) is 21.7. The Hall–Kier alpha value is -5.88. The largest absolute Gasteiger partial charge is 0.494 e. The van der Waals surface area contributed by atoms with Crippen molar-refractivity contribution in [2.45, 2.75) is 102 Å². The molecule has 6 heteroatoms. The van der Waals surface area contributed by atoms with Gasteiger partial charge in [-0.15, -0.1) is 0 Å². The highest BCUT2D eigenvalue weighted by atomic mass is 16.5. The molecule has 5 aromatic carbocycles. The molecule has 0 bridgehead atoms. The van der Waals surface area contributed by atoms with E-state index in [1.54, 1.807) is 24.3 Å². The van der Waals surface area contributed by atoms with E-state index in [0.717, 1.165) is 99.7 Å². The SMILES string of the molecule is C=CC(C=C)OC(=O)CCCCCCCCOc1ccc(-c2c3ccccc3c(-c3ccc(OCCCCCCCCC(=O)OC(C=C)C=C)cc3)c3ccccc23)cc1. The number of benzene rings is 5. The molecule has 5 aromatic rings. The van der Waals surface area contributed by atoms with Gasteiger partial charge in [-0.25, -0.2) is 0 Å². The second kappa shape index (κ2) is 24.9. The summed E-state index contributed by atoms with van der Waals surface area (Å²) < 4.78 is 22.8. The summed E-state index contributed by atoms with van der Waals surface area (Å²) in [7, 11) is 0. The molecule has 0 aliphatic carbocycles. The van der Waals surface area contributed by atoms with E-state index in [0.29, 0.717) is 26.1 Å². The van der Waals surface area contributed by atoms with Gasteiger partial charge in [0.15, 0.2) is 0 Å². The van der Waals surface area contributed by atoms with Gasteiger partial charge in [-0.3, -0.25) is 9.59 Å². The maximum atomic E-state index is 11.9. The molecule has 6 nitrogen and oxygen atoms in total. The summed E-state index contributed by atoms with van der Waals surface area (Å²) in [4.78, 5) is 23.8. The van der Waals surface area contributed by atoms with Crippen molar-refractivity contribution < 1.29 is 28.5 Å². The van der Waals surface area contributed by atoms with Gasteiger partial charge in [0.05, 0.1) is 13.2 Å². The highest BCUT2D eigenvalue weighted by molar-refractivity contribution is 6.21. The molecule has 0 aliphatic heterocycles. The Morgan fingerprint density at radius 3 is 1.03 bits per heavy atom. The van der Waals surface area contributed by atoms with E-state index >= 15 is 0 Å². The van der Waals surface area contributed by atoms with Crippen molar-refractivity contribution in [2.24, 2.45) is 0 Å². The van der Waals surface area contributed by atoms with E-state index in [1.165, 1.54) is 32.7 Å². The zero-order valence-corrected chi connectivity index (χ0v) is 35.3. The summed E-state index contributed by atoms with van der Waals surface area (Å²) in [5.41, 5.74) is 4.76. The number of carbonyl (C=O) groups excluding carboxylic acids is 2. The maximum Gasteiger partial charge on any atom is 0.306 e. The molecular weight excluding hydrogens is 745 g/mol. The Bertz CT molecular complexity index is 1920. The van der Waals surface area contributed by atoms with Gasteiger partial charge in [0.1, 0.15) is 23.7 Å². The maximum absolute atomic E-state index is 11.9. The van der Waals surface area contributed by atoms with E-state index in [-0.39, 0.29) is 11.9 Å². The van der Waals surface area contributed by atoms with Crippen LogP contribution in [0.5, 0.6) is 11.5 Å². The van der Waals surface area contributed by atoms with Crippen molar-refractivity contribution in [1.82, 2.24) is 0 Å². The molecule has 0 unspecified atom stereocenters. The van der Waals surface area contributed by atoms with Crippen LogP contribution in [0.3, 0.4) is 0 Å². The van der Waals surface area contributed by atoms with Gasteiger partial charge in [-0.2, -0.15) is 0 Å². The van der Waals surface area contributed by atoms with E-state index in [2.05, 4.69) is 123 Å². The second-order valence-electron chi connectivity index (χ2n) is 15.2. The van der Waals surface area contributed by atoms with Crippen LogP contribution in [0.4, 0.5) is 0 Å². The quantitative estimate of drug-likeness (QED) is 0.0217. The molecule has 0 aromatic heterocycles. The van der Waals surface area contributed by atoms with Crippen molar-refractivity contribution in [3.05, 3.63) is 148 Å². The van der Waals surface area contributed by atoms with Gasteiger partial charge in [0.2, 0.25) is 0 Å². The van der Waals surface area contributed by atoms with Crippen molar-refractivity contribution in [1.29, 1.82) is 0 Å². The van der Waals surface area contributed by atoms with Crippen LogP contribution in [0, 0.1) is 0 Å². The number of hydrogen-bond acceptors (Lipinski definition) is 6. The van der Waals surface area contributed by atoms with Crippen LogP contribution in [-0.4, -0.2) is 37.4 Å². The fourth-order valence-electron chi connectivity index (χ4n) is 7.53. The summed E-state index contributed by atoms with van der Waals surface area (Å²) in [5, 5.41) is 4.85. The summed E-state index contributed by atoms with van der Waals surface area (Å²) >= 11 is 0. The topological polar surface area (TPSA) is 71.1 Å². The number of ether oxygens (including phenoxy) is 4. The lowest BCUT2D eigenvalue weighted by atomic mass is 9.86. The molecule has 60 heavy (non-hydrogen) atoms. The Morgan fingerprint density at radius 1 is 0.417 bits per heavy atom. The van der Waals surface area contributed by atoms with Crippen LogP contribution in [0.2, 0.25) is 0 Å². The Labute approximate surface area is 357 Å². The monoisotopic (exact) mass is 806 g/mol. The van der Waals surface area contributed by atoms with Crippen LogP contribution in [0.1, 0.15) is 89.9 Å². The minimum Gasteiger partial charge on any atom is -0.494 e. The molecule has 0 radical (unpaired) electrons. The standard InChI is InChI=1S/C54H62O6/c1-5-43(6-2)59-51(55)29-17-13-9-11-15-23-39-57-45-35-31-41(32-36-45)53-47-25-19-21-27-49(47)54(50-28-22-20-26-48(50)53)42-33-37-46(38-34-42)58-40-24-16-12-10-14-18-30-52(56)60-44(7-3)8-4/h5-8,19-22,25-28,31-38,43-44H,1-4,9-18,23-24,29-30,39-40H2. The van der Waals surface area contributed by atoms with Crippen molar-refractivity contribution >= 4 is 33.5 Å². The zero-order chi connectivity index (χ0) is 42.4. The van der Waals surface area contributed by atoms with Gasteiger partial charge in [-0.05, 0) is 118 Å². The number of unbranched alkanes of at least 4 members (excludes halogenated alkanes) is 10. The van der Waals surface area contributed by atoms with Crippen LogP contribution in [0.25, 0.3) is 43.8 Å². The highest BCUT2D eigenvalue weighted by Gasteiger charge is 2.17. The van der Waals surface area contributed by atoms with Crippen molar-refractivity contribution in [2.75, 3.05) is 13.2 Å². The Morgan fingerprint density at radius 2 is 0.717 bits per heavy atom. The van der Waals surface area contributed by atoms with E-state index in [9.17, 15) is 9.59 Å². The number of esters is 2. The molecule has 0 N–H and O–H groups in total. The normalized spacial score (nSPS) is 11.1. The third kappa shape index (κ3) is 13.6. The molecule has 314 valence electrons. The fourth-order valence-corrected chi connectivity index (χ4v) is 7.53. The van der Waals surface area contributed by atoms with E-state index < -0.39 is 12.2 Å². The van der Waals surface area contributed by atoms with Crippen LogP contribution in [-0.2, 0) is 19.1 Å². The van der Waals surface area contributed by atoms with Crippen LogP contribution in [0.15, 0.2) is 148 Å². The molecule has 0 fully saturated rings. The van der Waals surface area contributed by atoms with Gasteiger partial charge in [0.25, 0.3) is 0 Å². The smallest absolute Gasteiger partial charge is 0.306 e. The average Bonchev–Trinajstić information content (AvgIpc) is 3.28. The average molecular weight is 807 g/mol. The number of fused-ring (bicyclic) bond motifs is 2. The molecule has 0 amide bonds. The summed E-state index contributed by atoms with van der Waals surface area (Å²) in [6.45, 7) is 16.0. The van der Waals surface area contributed by atoms with Crippen LogP contribution >= 0.6 is 0 Å². The van der Waals surface area contributed by atoms with Gasteiger partial charge in [0, 0.05) is 12.8 Å². The molecule has 0 spiro atoms. The summed E-state index contributed by atoms with van der Waals surface area (Å²) in [6.07, 6.45) is 18.6. The predicted molar refractivity (Wildman–Crippen MR) is 249 cm³/mol. The predicted octanol–water partition coefficient (Wildman–Crippen LogP) is 14.1. The number of carbonyl (C=O) groups is 2. The van der Waals surface area contributed by atoms with Gasteiger partial charge in [-0.1, -0.05) is 150 Å². The molecule has 0 saturated carbocycles. The third-order valence-corrected chi connectivity index (χ3v) is 10.8. The molecule has 0 atom stereocenters. The first-order chi connectivity index (χ1) is 29.4. The zero-order valence-electron chi connectivity index (χ0n) is 35.3. The molecule has 0 heterocycles. The van der Waals surface area contributed by atoms with Gasteiger partial charge < -0.3 is 18.9 Å². The molecule has 0 saturated heterocycles. The summed E-state index contributed by atoms with van der Waals surface area (Å²) in [5.74, 6) is 1.36. The van der Waals surface area contributed by atoms with Crippen LogP contribution < -0.4 is 9.47 Å². The summed E-state index contributed by atoms with van der Waals surface area (Å²) in [6, 6.07) is 34.4. The van der Waals surface area contributed by atoms with Crippen molar-refractivity contribution in [3.63, 3.8) is 0 Å². The van der Waals surface area contributed by atoms with E-state index in [4.69, 9.17) is 18.9 Å². The molecular formula is C54H62O6. The molecule has 0 aliphatic rings. The van der Waals surface area contributed by atoms with E-state index in [1.807, 2.05) is 0 Å². The third-order valence-electron chi connectivity index (χ3n) is 10.8. The lowest BCUT2D eigenvalue weighted by Crippen LogP contribution is -2.12. The second-order valence-corrected chi connectivity index (χ2v) is 15.2. The Kier molecular flexibility index (Phi) is 18.8. The first kappa shape index (κ1) is 45.2. The number of hydrogen-bond donors (Lipinski definition) is 0. The minimum atomic E-state index is -0.408. The van der Waals surface area contributed by atoms with Gasteiger partial charge >= 0.3 is 11.9 Å². The number of rotatable bonds is 28. The highest BCUT2D eigenvalue weighted by Crippen LogP contribution is 2.44. The Balaban J connectivity index is 1.10. The molecule has 5 rings (SSSR count). The van der Waals surface area contributed by atoms with Crippen molar-refractivity contribution in [3.8, 4) is 33.8 Å². The minimum absolute atomic E-state index is 0.195. The lowest BCUT2D eigenvalue weighted by Gasteiger charge is -2.18.